The standard InChI is InChI=1S/C25H21NO6/c1-31-19-9-7-14(8-10-19)20(27)13-32-25(30)17-3-2-4-18(12-17)26-23(28)21-15-5-6-16(11-15)22(21)24(26)29/h2-10,12,15-16,21-22H,11,13H2,1H3/t15-,16-,21-,22-/m0/s1. The fourth-order valence-corrected chi connectivity index (χ4v) is 5.00. The fraction of sp³-hybridized carbons (Fsp3) is 0.280. The Labute approximate surface area is 184 Å². The number of fused-ring (bicyclic) bond motifs is 5. The number of benzene rings is 2. The summed E-state index contributed by atoms with van der Waals surface area (Å²) >= 11 is 0. The van der Waals surface area contributed by atoms with Crippen molar-refractivity contribution in [2.24, 2.45) is 23.7 Å². The molecule has 32 heavy (non-hydrogen) atoms. The molecule has 2 bridgehead atoms. The Balaban J connectivity index is 1.28. The van der Waals surface area contributed by atoms with Gasteiger partial charge in [-0.3, -0.25) is 14.4 Å². The highest BCUT2D eigenvalue weighted by Crippen LogP contribution is 2.53. The smallest absolute Gasteiger partial charge is 0.338 e. The zero-order valence-corrected chi connectivity index (χ0v) is 17.4. The van der Waals surface area contributed by atoms with Crippen LogP contribution in [-0.2, 0) is 14.3 Å². The number of esters is 1. The molecule has 2 aromatic rings. The van der Waals surface area contributed by atoms with E-state index in [1.54, 1.807) is 36.4 Å². The van der Waals surface area contributed by atoms with Crippen molar-refractivity contribution in [1.29, 1.82) is 0 Å². The maximum absolute atomic E-state index is 13.0. The SMILES string of the molecule is COc1ccc(C(=O)COC(=O)c2cccc(N3C(=O)[C@@H]4[C@@H](C3=O)[C@H]3C=C[C@H]4C3)c2)cc1. The highest BCUT2D eigenvalue weighted by Gasteiger charge is 2.59. The third-order valence-electron chi connectivity index (χ3n) is 6.56. The van der Waals surface area contributed by atoms with Crippen LogP contribution in [0.25, 0.3) is 0 Å². The summed E-state index contributed by atoms with van der Waals surface area (Å²) in [4.78, 5) is 52.0. The van der Waals surface area contributed by atoms with Crippen molar-refractivity contribution in [2.75, 3.05) is 18.6 Å². The van der Waals surface area contributed by atoms with Crippen molar-refractivity contribution in [3.63, 3.8) is 0 Å². The molecule has 7 nitrogen and oxygen atoms in total. The summed E-state index contributed by atoms with van der Waals surface area (Å²) in [6.45, 7) is -0.420. The summed E-state index contributed by atoms with van der Waals surface area (Å²) in [5.41, 5.74) is 0.920. The first-order valence-corrected chi connectivity index (χ1v) is 10.5. The van der Waals surface area contributed by atoms with Crippen LogP contribution in [0.1, 0.15) is 27.1 Å². The molecule has 162 valence electrons. The van der Waals surface area contributed by atoms with E-state index in [1.165, 1.54) is 24.1 Å². The molecule has 0 radical (unpaired) electrons. The van der Waals surface area contributed by atoms with Gasteiger partial charge in [0.25, 0.3) is 0 Å². The minimum Gasteiger partial charge on any atom is -0.497 e. The molecule has 0 spiro atoms. The van der Waals surface area contributed by atoms with Crippen LogP contribution < -0.4 is 9.64 Å². The third kappa shape index (κ3) is 3.21. The normalized spacial score (nSPS) is 25.2. The molecular formula is C25H21NO6. The maximum Gasteiger partial charge on any atom is 0.338 e. The van der Waals surface area contributed by atoms with Gasteiger partial charge in [-0.2, -0.15) is 0 Å². The number of methoxy groups -OCH3 is 1. The molecular weight excluding hydrogens is 410 g/mol. The lowest BCUT2D eigenvalue weighted by molar-refractivity contribution is -0.123. The molecule has 2 aliphatic carbocycles. The van der Waals surface area contributed by atoms with Gasteiger partial charge in [-0.15, -0.1) is 0 Å². The van der Waals surface area contributed by atoms with Crippen molar-refractivity contribution in [2.45, 2.75) is 6.42 Å². The highest BCUT2D eigenvalue weighted by molar-refractivity contribution is 6.23. The lowest BCUT2D eigenvalue weighted by atomic mass is 9.85. The maximum atomic E-state index is 13.0. The summed E-state index contributed by atoms with van der Waals surface area (Å²) in [5, 5.41) is 0. The van der Waals surface area contributed by atoms with Crippen LogP contribution in [0.4, 0.5) is 5.69 Å². The number of hydrogen-bond acceptors (Lipinski definition) is 6. The van der Waals surface area contributed by atoms with Gasteiger partial charge in [0.15, 0.2) is 12.4 Å². The first kappa shape index (κ1) is 20.2. The van der Waals surface area contributed by atoms with Gasteiger partial charge in [0.2, 0.25) is 11.8 Å². The first-order valence-electron chi connectivity index (χ1n) is 10.5. The molecule has 7 heteroatoms. The zero-order valence-electron chi connectivity index (χ0n) is 17.4. The van der Waals surface area contributed by atoms with Crippen LogP contribution in [0.2, 0.25) is 0 Å². The van der Waals surface area contributed by atoms with Crippen molar-refractivity contribution >= 4 is 29.3 Å². The monoisotopic (exact) mass is 431 g/mol. The lowest BCUT2D eigenvalue weighted by Gasteiger charge is -2.18. The number of hydrogen-bond donors (Lipinski definition) is 0. The van der Waals surface area contributed by atoms with Gasteiger partial charge >= 0.3 is 5.97 Å². The van der Waals surface area contributed by atoms with Gasteiger partial charge in [-0.25, -0.2) is 9.69 Å². The van der Waals surface area contributed by atoms with E-state index in [9.17, 15) is 19.2 Å². The average Bonchev–Trinajstić information content (AvgIpc) is 3.51. The molecule has 1 heterocycles. The molecule has 0 N–H and O–H groups in total. The average molecular weight is 431 g/mol. The Morgan fingerprint density at radius 1 is 0.938 bits per heavy atom. The van der Waals surface area contributed by atoms with Gasteiger partial charge in [0, 0.05) is 5.56 Å². The molecule has 2 amide bonds. The molecule has 3 aliphatic rings. The predicted octanol–water partition coefficient (Wildman–Crippen LogP) is 3.05. The number of imide groups is 1. The number of anilines is 1. The van der Waals surface area contributed by atoms with Gasteiger partial charge in [-0.05, 0) is 60.7 Å². The van der Waals surface area contributed by atoms with Crippen LogP contribution in [-0.4, -0.2) is 37.3 Å². The Kier molecular flexibility index (Phi) is 4.89. The highest BCUT2D eigenvalue weighted by atomic mass is 16.5. The van der Waals surface area contributed by atoms with Crippen LogP contribution in [0.3, 0.4) is 0 Å². The lowest BCUT2D eigenvalue weighted by Crippen LogP contribution is -2.33. The van der Waals surface area contributed by atoms with Crippen molar-refractivity contribution in [3.05, 3.63) is 71.8 Å². The molecule has 1 saturated heterocycles. The molecule has 1 aliphatic heterocycles. The minimum atomic E-state index is -0.699. The van der Waals surface area contributed by atoms with E-state index in [-0.39, 0.29) is 46.8 Å². The van der Waals surface area contributed by atoms with Crippen molar-refractivity contribution in [1.82, 2.24) is 0 Å². The molecule has 5 rings (SSSR count). The number of carbonyl (C=O) groups excluding carboxylic acids is 4. The molecule has 0 aromatic heterocycles. The van der Waals surface area contributed by atoms with E-state index in [0.29, 0.717) is 17.0 Å². The second-order valence-electron chi connectivity index (χ2n) is 8.29. The summed E-state index contributed by atoms with van der Waals surface area (Å²) in [5.74, 6) is -1.24. The van der Waals surface area contributed by atoms with E-state index >= 15 is 0 Å². The quantitative estimate of drug-likeness (QED) is 0.302. The summed E-state index contributed by atoms with van der Waals surface area (Å²) in [6.07, 6.45) is 4.93. The minimum absolute atomic E-state index is 0.114. The summed E-state index contributed by atoms with van der Waals surface area (Å²) in [6, 6.07) is 12.7. The van der Waals surface area contributed by atoms with Crippen molar-refractivity contribution < 1.29 is 28.7 Å². The van der Waals surface area contributed by atoms with E-state index in [4.69, 9.17) is 9.47 Å². The predicted molar refractivity (Wildman–Crippen MR) is 114 cm³/mol. The Hall–Kier alpha value is -3.74. The zero-order chi connectivity index (χ0) is 22.4. The molecule has 0 unspecified atom stereocenters. The number of rotatable bonds is 6. The van der Waals surface area contributed by atoms with Gasteiger partial charge in [0.05, 0.1) is 30.2 Å². The van der Waals surface area contributed by atoms with Crippen LogP contribution in [0.15, 0.2) is 60.7 Å². The number of ether oxygens (including phenoxy) is 2. The first-order chi connectivity index (χ1) is 15.5. The summed E-state index contributed by atoms with van der Waals surface area (Å²) < 4.78 is 10.2. The Morgan fingerprint density at radius 3 is 2.22 bits per heavy atom. The second kappa shape index (κ2) is 7.75. The number of carbonyl (C=O) groups is 4. The molecule has 1 saturated carbocycles. The Morgan fingerprint density at radius 2 is 1.59 bits per heavy atom. The third-order valence-corrected chi connectivity index (χ3v) is 6.56. The number of nitrogens with zero attached hydrogens (tertiary/aromatic N) is 1. The van der Waals surface area contributed by atoms with E-state index in [1.807, 2.05) is 12.2 Å². The van der Waals surface area contributed by atoms with E-state index < -0.39 is 12.6 Å². The topological polar surface area (TPSA) is 90.0 Å². The molecule has 2 fully saturated rings. The van der Waals surface area contributed by atoms with Crippen LogP contribution >= 0.6 is 0 Å². The Bertz CT molecular complexity index is 1120. The van der Waals surface area contributed by atoms with E-state index in [0.717, 1.165) is 6.42 Å². The van der Waals surface area contributed by atoms with E-state index in [2.05, 4.69) is 0 Å². The van der Waals surface area contributed by atoms with Gasteiger partial charge < -0.3 is 9.47 Å². The number of ketones is 1. The van der Waals surface area contributed by atoms with Crippen LogP contribution in [0, 0.1) is 23.7 Å². The second-order valence-corrected chi connectivity index (χ2v) is 8.29. The largest absolute Gasteiger partial charge is 0.497 e. The molecule has 4 atom stereocenters. The van der Waals surface area contributed by atoms with Gasteiger partial charge in [0.1, 0.15) is 5.75 Å². The molecule has 2 aromatic carbocycles. The number of allylic oxidation sites excluding steroid dienone is 2. The van der Waals surface area contributed by atoms with Crippen molar-refractivity contribution in [3.8, 4) is 5.75 Å². The summed E-state index contributed by atoms with van der Waals surface area (Å²) in [7, 11) is 1.53. The fourth-order valence-electron chi connectivity index (χ4n) is 5.00. The number of Topliss-reactive ketones (excluding diaryl/α,β-unsaturated/α-hetero) is 1. The number of amides is 2. The van der Waals surface area contributed by atoms with Crippen LogP contribution in [0.5, 0.6) is 5.75 Å². The van der Waals surface area contributed by atoms with Gasteiger partial charge in [-0.1, -0.05) is 18.2 Å².